The van der Waals surface area contributed by atoms with Gasteiger partial charge in [-0.05, 0) is 42.8 Å². The molecule has 0 spiro atoms. The van der Waals surface area contributed by atoms with Crippen molar-refractivity contribution in [3.8, 4) is 17.2 Å². The third kappa shape index (κ3) is 7.42. The van der Waals surface area contributed by atoms with E-state index in [0.29, 0.717) is 34.2 Å². The first kappa shape index (κ1) is 33.0. The molecule has 0 saturated carbocycles. The molecule has 3 aromatic carbocycles. The molecule has 1 aliphatic heterocycles. The Morgan fingerprint density at radius 1 is 0.978 bits per heavy atom. The minimum Gasteiger partial charge on any atom is -0.497 e. The van der Waals surface area contributed by atoms with Gasteiger partial charge < -0.3 is 24.8 Å². The van der Waals surface area contributed by atoms with Crippen LogP contribution in [-0.4, -0.2) is 50.5 Å². The number of carbonyl (C=O) groups is 2. The zero-order valence-corrected chi connectivity index (χ0v) is 26.8. The fourth-order valence-electron chi connectivity index (χ4n) is 4.57. The van der Waals surface area contributed by atoms with Crippen LogP contribution in [0.2, 0.25) is 10.0 Å². The number of ether oxygens (including phenoxy) is 3. The molecule has 2 N–H and O–H groups in total. The molecule has 0 unspecified atom stereocenters. The van der Waals surface area contributed by atoms with E-state index in [1.807, 2.05) is 30.3 Å². The van der Waals surface area contributed by atoms with Gasteiger partial charge in [0.05, 0.1) is 51.5 Å². The van der Waals surface area contributed by atoms with Gasteiger partial charge in [0, 0.05) is 23.5 Å². The summed E-state index contributed by atoms with van der Waals surface area (Å²) in [5.41, 5.74) is 3.28. The van der Waals surface area contributed by atoms with Crippen LogP contribution in [0.3, 0.4) is 0 Å². The van der Waals surface area contributed by atoms with Crippen LogP contribution in [0.15, 0.2) is 96.3 Å². The van der Waals surface area contributed by atoms with Gasteiger partial charge in [-0.1, -0.05) is 60.6 Å². The van der Waals surface area contributed by atoms with Crippen LogP contribution in [0.5, 0.6) is 17.2 Å². The number of amidine groups is 1. The zero-order chi connectivity index (χ0) is 32.7. The van der Waals surface area contributed by atoms with E-state index in [4.69, 9.17) is 37.4 Å². The van der Waals surface area contributed by atoms with Crippen LogP contribution in [0, 0.1) is 0 Å². The monoisotopic (exact) mass is 649 g/mol. The Balaban J connectivity index is 1.76. The number of rotatable bonds is 10. The lowest BCUT2D eigenvalue weighted by molar-refractivity contribution is -0.111. The van der Waals surface area contributed by atoms with Gasteiger partial charge in [-0.3, -0.25) is 14.6 Å². The Labute approximate surface area is 272 Å². The molecule has 234 valence electrons. The van der Waals surface area contributed by atoms with Gasteiger partial charge in [0.2, 0.25) is 5.91 Å². The topological polar surface area (TPSA) is 105 Å². The number of aliphatic imine (C=N–C) groups is 1. The maximum atomic E-state index is 14.1. The molecule has 3 amide bonds. The highest BCUT2D eigenvalue weighted by Crippen LogP contribution is 2.47. The predicted molar refractivity (Wildman–Crippen MR) is 180 cm³/mol. The van der Waals surface area contributed by atoms with Crippen molar-refractivity contribution in [2.45, 2.75) is 13.5 Å². The molecule has 3 aromatic rings. The van der Waals surface area contributed by atoms with Crippen LogP contribution >= 0.6 is 23.2 Å². The summed E-state index contributed by atoms with van der Waals surface area (Å²) >= 11 is 13.5. The Bertz CT molecular complexity index is 1680. The van der Waals surface area contributed by atoms with Crippen LogP contribution in [0.25, 0.3) is 0 Å². The summed E-state index contributed by atoms with van der Waals surface area (Å²) in [6.45, 7) is 9.73. The van der Waals surface area contributed by atoms with E-state index in [9.17, 15) is 9.59 Å². The smallest absolute Gasteiger partial charge is 0.329 e. The molecule has 0 radical (unpaired) electrons. The summed E-state index contributed by atoms with van der Waals surface area (Å²) in [6.07, 6.45) is 2.81. The van der Waals surface area contributed by atoms with E-state index < -0.39 is 6.03 Å². The highest BCUT2D eigenvalue weighted by Gasteiger charge is 2.36. The van der Waals surface area contributed by atoms with Crippen LogP contribution in [-0.2, 0) is 11.3 Å². The quantitative estimate of drug-likeness (QED) is 0.134. The number of urea groups is 1. The van der Waals surface area contributed by atoms with Crippen molar-refractivity contribution in [3.05, 3.63) is 107 Å². The SMILES string of the molecule is C=CC(=O)Nc1ccccc1NC(C)=N/C=C1/CN(c2c(Cl)c(OC)cc(OC)c2Cl)C(=O)N(Cc2cccc(OC)c2)C1=C. The van der Waals surface area contributed by atoms with Crippen molar-refractivity contribution in [2.24, 2.45) is 4.99 Å². The van der Waals surface area contributed by atoms with Gasteiger partial charge in [0.1, 0.15) is 33.1 Å². The largest absolute Gasteiger partial charge is 0.497 e. The predicted octanol–water partition coefficient (Wildman–Crippen LogP) is 7.51. The molecule has 1 aliphatic rings. The summed E-state index contributed by atoms with van der Waals surface area (Å²) in [4.78, 5) is 33.6. The van der Waals surface area contributed by atoms with E-state index >= 15 is 0 Å². The number of carbonyl (C=O) groups excluding carboxylic acids is 2. The number of anilines is 3. The molecule has 12 heteroatoms. The van der Waals surface area contributed by atoms with Gasteiger partial charge in [-0.25, -0.2) is 9.79 Å². The first-order chi connectivity index (χ1) is 21.6. The maximum absolute atomic E-state index is 14.1. The molecule has 10 nitrogen and oxygen atoms in total. The summed E-state index contributed by atoms with van der Waals surface area (Å²) in [6, 6.07) is 15.7. The van der Waals surface area contributed by atoms with Crippen LogP contribution in [0.1, 0.15) is 12.5 Å². The van der Waals surface area contributed by atoms with E-state index in [1.165, 1.54) is 30.1 Å². The highest BCUT2D eigenvalue weighted by molar-refractivity contribution is 6.41. The van der Waals surface area contributed by atoms with Gasteiger partial charge in [-0.15, -0.1) is 0 Å². The number of hydrogen-bond donors (Lipinski definition) is 2. The lowest BCUT2D eigenvalue weighted by Crippen LogP contribution is -2.49. The Hall–Kier alpha value is -4.93. The minimum absolute atomic E-state index is 0.0464. The fourth-order valence-corrected chi connectivity index (χ4v) is 5.27. The summed E-state index contributed by atoms with van der Waals surface area (Å²) in [7, 11) is 4.50. The molecule has 1 heterocycles. The van der Waals surface area contributed by atoms with E-state index in [1.54, 1.807) is 44.5 Å². The lowest BCUT2D eigenvalue weighted by atomic mass is 10.1. The molecule has 4 rings (SSSR count). The van der Waals surface area contributed by atoms with Crippen LogP contribution < -0.4 is 29.7 Å². The van der Waals surface area contributed by atoms with Crippen molar-refractivity contribution in [3.63, 3.8) is 0 Å². The van der Waals surface area contributed by atoms with Crippen molar-refractivity contribution < 1.29 is 23.8 Å². The molecular weight excluding hydrogens is 617 g/mol. The van der Waals surface area contributed by atoms with Crippen LogP contribution in [0.4, 0.5) is 21.9 Å². The summed E-state index contributed by atoms with van der Waals surface area (Å²) < 4.78 is 16.3. The number of hydrogen-bond acceptors (Lipinski definition) is 6. The molecular formula is C33H33Cl2N5O5. The molecule has 0 aliphatic carbocycles. The second-order valence-electron chi connectivity index (χ2n) is 9.74. The average molecular weight is 651 g/mol. The standard InChI is InChI=1S/C33H33Cl2N5O5/c1-7-29(41)38-26-14-9-8-13-25(26)37-21(3)36-17-23-19-40(32-30(34)27(44-5)16-28(45-6)31(32)35)33(42)39(20(23)2)18-22-11-10-12-24(15-22)43-4/h7-17H,1-2,18-19H2,3-6H3,(H,36,37)(H,38,41)/b23-17-. The van der Waals surface area contributed by atoms with E-state index in [0.717, 1.165) is 5.56 Å². The van der Waals surface area contributed by atoms with Crippen molar-refractivity contribution in [1.82, 2.24) is 4.90 Å². The van der Waals surface area contributed by atoms with E-state index in [2.05, 4.69) is 28.8 Å². The average Bonchev–Trinajstić information content (AvgIpc) is 3.04. The number of benzene rings is 3. The number of halogens is 2. The Morgan fingerprint density at radius 2 is 1.62 bits per heavy atom. The highest BCUT2D eigenvalue weighted by atomic mass is 35.5. The first-order valence-electron chi connectivity index (χ1n) is 13.7. The number of amides is 3. The van der Waals surface area contributed by atoms with E-state index in [-0.39, 0.29) is 46.2 Å². The first-order valence-corrected chi connectivity index (χ1v) is 14.4. The number of para-hydroxylation sites is 2. The Kier molecular flexibility index (Phi) is 10.8. The third-order valence-corrected chi connectivity index (χ3v) is 7.61. The van der Waals surface area contributed by atoms with Crippen molar-refractivity contribution >= 4 is 58.0 Å². The van der Waals surface area contributed by atoms with Gasteiger partial charge in [0.15, 0.2) is 0 Å². The van der Waals surface area contributed by atoms with Gasteiger partial charge in [0.25, 0.3) is 0 Å². The van der Waals surface area contributed by atoms with Crippen molar-refractivity contribution in [2.75, 3.05) is 43.4 Å². The Morgan fingerprint density at radius 3 is 2.22 bits per heavy atom. The van der Waals surface area contributed by atoms with Gasteiger partial charge in [-0.2, -0.15) is 0 Å². The molecule has 0 bridgehead atoms. The molecule has 0 atom stereocenters. The zero-order valence-electron chi connectivity index (χ0n) is 25.3. The molecule has 1 saturated heterocycles. The third-order valence-electron chi connectivity index (χ3n) is 6.88. The van der Waals surface area contributed by atoms with Crippen molar-refractivity contribution in [1.29, 1.82) is 0 Å². The van der Waals surface area contributed by atoms with Gasteiger partial charge >= 0.3 is 6.03 Å². The minimum atomic E-state index is -0.412. The maximum Gasteiger partial charge on any atom is 0.329 e. The lowest BCUT2D eigenvalue weighted by Gasteiger charge is -2.39. The molecule has 0 aromatic heterocycles. The second kappa shape index (κ2) is 14.7. The second-order valence-corrected chi connectivity index (χ2v) is 10.5. The summed E-state index contributed by atoms with van der Waals surface area (Å²) in [5, 5.41) is 6.25. The number of methoxy groups -OCH3 is 3. The molecule has 1 fully saturated rings. The number of nitrogens with one attached hydrogen (secondary N) is 2. The summed E-state index contributed by atoms with van der Waals surface area (Å²) in [5.74, 6) is 1.39. The fraction of sp³-hybridized carbons (Fsp3) is 0.182. The molecule has 45 heavy (non-hydrogen) atoms. The normalized spacial score (nSPS) is 14.4. The number of nitrogens with zero attached hydrogens (tertiary/aromatic N) is 3.